The van der Waals surface area contributed by atoms with Crippen molar-refractivity contribution in [2.45, 2.75) is 43.9 Å². The molecule has 1 saturated carbocycles. The van der Waals surface area contributed by atoms with Gasteiger partial charge in [-0.05, 0) is 49.4 Å². The summed E-state index contributed by atoms with van der Waals surface area (Å²) in [4.78, 5) is 26.0. The first kappa shape index (κ1) is 35.2. The average Bonchev–Trinajstić information content (AvgIpc) is 3.96. The number of hydrogen-bond acceptors (Lipinski definition) is 10. The standard InChI is InChI=1S/C40H41F2N5O6/c1-4-26-29(41)7-6-23-16-25(48)17-27(32(23)26)35-34(42)36-28(19-43-35)37(47-12-15-52-21-24(20-47)44-31(49)5-2)33-38(45-36)53-30(18-39(33,3)50)40(8-9-40)22-46-10-13-51-14-11-46/h1,5-7,16-17,19,24,30,48,50H,2,8-15,18,20-22H2,3H3,(H,44,49)/t24-,30+,39-/m1/s1. The third kappa shape index (κ3) is 6.33. The number of ether oxygens (including phenoxy) is 3. The lowest BCUT2D eigenvalue weighted by atomic mass is 9.80. The second kappa shape index (κ2) is 13.5. The molecular formula is C40H41F2N5O6. The van der Waals surface area contributed by atoms with E-state index in [1.807, 2.05) is 4.90 Å². The van der Waals surface area contributed by atoms with Gasteiger partial charge < -0.3 is 34.6 Å². The van der Waals surface area contributed by atoms with Crippen LogP contribution in [0.15, 0.2) is 43.1 Å². The number of carbonyl (C=O) groups is 1. The molecule has 3 N–H and O–H groups in total. The van der Waals surface area contributed by atoms with Crippen LogP contribution in [0.2, 0.25) is 0 Å². The van der Waals surface area contributed by atoms with Crippen LogP contribution in [0.5, 0.6) is 11.6 Å². The average molecular weight is 726 g/mol. The summed E-state index contributed by atoms with van der Waals surface area (Å²) in [5.41, 5.74) is -1.09. The number of nitrogens with one attached hydrogen (secondary N) is 1. The number of nitrogens with zero attached hydrogens (tertiary/aromatic N) is 4. The fourth-order valence-electron chi connectivity index (χ4n) is 8.28. The topological polar surface area (TPSA) is 130 Å². The minimum atomic E-state index is -1.45. The molecule has 276 valence electrons. The van der Waals surface area contributed by atoms with E-state index in [2.05, 4.69) is 27.7 Å². The predicted molar refractivity (Wildman–Crippen MR) is 195 cm³/mol. The van der Waals surface area contributed by atoms with Crippen molar-refractivity contribution in [1.82, 2.24) is 20.2 Å². The number of rotatable bonds is 7. The fourth-order valence-corrected chi connectivity index (χ4v) is 8.28. The predicted octanol–water partition coefficient (Wildman–Crippen LogP) is 4.39. The van der Waals surface area contributed by atoms with Gasteiger partial charge in [-0.2, -0.15) is 0 Å². The number of pyridine rings is 2. The van der Waals surface area contributed by atoms with Gasteiger partial charge in [-0.25, -0.2) is 13.8 Å². The number of hydrogen-bond donors (Lipinski definition) is 3. The Balaban J connectivity index is 1.32. The molecule has 0 spiro atoms. The highest BCUT2D eigenvalue weighted by molar-refractivity contribution is 6.03. The Morgan fingerprint density at radius 3 is 2.70 bits per heavy atom. The summed E-state index contributed by atoms with van der Waals surface area (Å²) in [6.45, 7) is 10.1. The maximum Gasteiger partial charge on any atom is 0.243 e. The van der Waals surface area contributed by atoms with Crippen LogP contribution in [0.3, 0.4) is 0 Å². The highest BCUT2D eigenvalue weighted by Crippen LogP contribution is 2.57. The third-order valence-electron chi connectivity index (χ3n) is 11.1. The van der Waals surface area contributed by atoms with E-state index in [9.17, 15) is 15.0 Å². The number of halogens is 2. The van der Waals surface area contributed by atoms with E-state index in [-0.39, 0.29) is 76.9 Å². The lowest BCUT2D eigenvalue weighted by Gasteiger charge is -2.43. The first-order chi connectivity index (χ1) is 25.5. The van der Waals surface area contributed by atoms with Gasteiger partial charge in [0.2, 0.25) is 11.8 Å². The van der Waals surface area contributed by atoms with Crippen LogP contribution in [0, 0.1) is 29.4 Å². The molecule has 3 atom stereocenters. The molecule has 0 unspecified atom stereocenters. The van der Waals surface area contributed by atoms with E-state index >= 15 is 8.78 Å². The third-order valence-corrected chi connectivity index (χ3v) is 11.1. The van der Waals surface area contributed by atoms with E-state index in [4.69, 9.17) is 25.6 Å². The number of phenols is 1. The summed E-state index contributed by atoms with van der Waals surface area (Å²) in [5, 5.41) is 26.9. The number of aliphatic hydroxyl groups is 1. The molecule has 11 nitrogen and oxygen atoms in total. The molecule has 2 saturated heterocycles. The van der Waals surface area contributed by atoms with Crippen molar-refractivity contribution in [3.8, 4) is 35.2 Å². The second-order valence-corrected chi connectivity index (χ2v) is 14.7. The van der Waals surface area contributed by atoms with Gasteiger partial charge in [0.15, 0.2) is 5.82 Å². The molecule has 0 radical (unpaired) electrons. The van der Waals surface area contributed by atoms with Crippen molar-refractivity contribution in [3.63, 3.8) is 0 Å². The molecule has 3 fully saturated rings. The monoisotopic (exact) mass is 725 g/mol. The summed E-state index contributed by atoms with van der Waals surface area (Å²) in [7, 11) is 0. The highest BCUT2D eigenvalue weighted by Gasteiger charge is 2.56. The van der Waals surface area contributed by atoms with Crippen LogP contribution in [0.25, 0.3) is 32.9 Å². The number of amides is 1. The van der Waals surface area contributed by atoms with Crippen molar-refractivity contribution < 1.29 is 38.0 Å². The molecule has 2 aromatic carbocycles. The maximum absolute atomic E-state index is 17.3. The van der Waals surface area contributed by atoms with Crippen molar-refractivity contribution in [3.05, 3.63) is 65.9 Å². The van der Waals surface area contributed by atoms with Crippen LogP contribution >= 0.6 is 0 Å². The van der Waals surface area contributed by atoms with Gasteiger partial charge in [0.25, 0.3) is 0 Å². The Hall–Kier alpha value is -4.87. The first-order valence-electron chi connectivity index (χ1n) is 17.9. The highest BCUT2D eigenvalue weighted by atomic mass is 19.1. The molecule has 13 heteroatoms. The smallest absolute Gasteiger partial charge is 0.243 e. The maximum atomic E-state index is 17.3. The van der Waals surface area contributed by atoms with Crippen LogP contribution in [0.1, 0.15) is 37.3 Å². The molecule has 4 aromatic rings. The number of terminal acetylenes is 1. The van der Waals surface area contributed by atoms with Gasteiger partial charge in [-0.1, -0.05) is 18.6 Å². The van der Waals surface area contributed by atoms with E-state index in [0.29, 0.717) is 41.8 Å². The Labute approximate surface area is 305 Å². The number of fused-ring (bicyclic) bond motifs is 3. The van der Waals surface area contributed by atoms with Crippen LogP contribution < -0.4 is 15.0 Å². The Kier molecular flexibility index (Phi) is 8.97. The molecule has 1 amide bonds. The molecule has 8 rings (SSSR count). The quantitative estimate of drug-likeness (QED) is 0.186. The zero-order valence-corrected chi connectivity index (χ0v) is 29.5. The minimum absolute atomic E-state index is 0.0905. The Bertz CT molecular complexity index is 2180. The van der Waals surface area contributed by atoms with E-state index < -0.39 is 29.4 Å². The van der Waals surface area contributed by atoms with Crippen LogP contribution in [0.4, 0.5) is 14.5 Å². The molecule has 53 heavy (non-hydrogen) atoms. The van der Waals surface area contributed by atoms with E-state index in [1.54, 1.807) is 6.92 Å². The van der Waals surface area contributed by atoms with Gasteiger partial charge in [0.05, 0.1) is 54.9 Å². The number of aromatic hydroxyl groups is 1. The molecule has 1 aliphatic carbocycles. The summed E-state index contributed by atoms with van der Waals surface area (Å²) in [6.07, 6.45) is 10.1. The SMILES string of the molecule is C#Cc1c(F)ccc2cc(O)cc(-c3ncc4c(N5CCOC[C@H](NC(=O)C=C)C5)c5c(nc4c3F)O[C@H](C3(CN4CCOCC4)CC3)C[C@@]5(C)O)c12. The number of aromatic nitrogens is 2. The van der Waals surface area contributed by atoms with Gasteiger partial charge in [-0.15, -0.1) is 6.42 Å². The fraction of sp³-hybridized carbons (Fsp3) is 0.425. The molecule has 4 aliphatic rings. The summed E-state index contributed by atoms with van der Waals surface area (Å²) in [5.74, 6) is 0.416. The van der Waals surface area contributed by atoms with E-state index in [1.165, 1.54) is 36.5 Å². The minimum Gasteiger partial charge on any atom is -0.508 e. The zero-order valence-electron chi connectivity index (χ0n) is 29.5. The summed E-state index contributed by atoms with van der Waals surface area (Å²) < 4.78 is 50.5. The van der Waals surface area contributed by atoms with Crippen molar-refractivity contribution in [1.29, 1.82) is 0 Å². The van der Waals surface area contributed by atoms with Crippen LogP contribution in [-0.4, -0.2) is 102 Å². The molecule has 0 bridgehead atoms. The Morgan fingerprint density at radius 2 is 1.96 bits per heavy atom. The van der Waals surface area contributed by atoms with E-state index in [0.717, 1.165) is 32.5 Å². The number of phenolic OH excluding ortho intramolecular Hbond substituents is 1. The van der Waals surface area contributed by atoms with Crippen molar-refractivity contribution >= 4 is 33.3 Å². The number of anilines is 1. The van der Waals surface area contributed by atoms with Crippen LogP contribution in [-0.2, 0) is 19.9 Å². The second-order valence-electron chi connectivity index (χ2n) is 14.7. The molecule has 3 aliphatic heterocycles. The lowest BCUT2D eigenvalue weighted by molar-refractivity contribution is -0.117. The molecule has 2 aromatic heterocycles. The Morgan fingerprint density at radius 1 is 1.19 bits per heavy atom. The van der Waals surface area contributed by atoms with Crippen molar-refractivity contribution in [2.75, 3.05) is 64.1 Å². The van der Waals surface area contributed by atoms with Gasteiger partial charge >= 0.3 is 0 Å². The summed E-state index contributed by atoms with van der Waals surface area (Å²) >= 11 is 0. The number of benzene rings is 2. The molecular weight excluding hydrogens is 684 g/mol. The lowest BCUT2D eigenvalue weighted by Crippen LogP contribution is -2.49. The van der Waals surface area contributed by atoms with Gasteiger partial charge in [0, 0.05) is 67.1 Å². The largest absolute Gasteiger partial charge is 0.508 e. The normalized spacial score (nSPS) is 24.2. The van der Waals surface area contributed by atoms with Gasteiger partial charge in [-0.3, -0.25) is 14.7 Å². The first-order valence-corrected chi connectivity index (χ1v) is 17.9. The molecule has 5 heterocycles. The van der Waals surface area contributed by atoms with Gasteiger partial charge in [0.1, 0.15) is 28.9 Å². The number of morpholine rings is 1. The zero-order chi connectivity index (χ0) is 37.1. The van der Waals surface area contributed by atoms with Crippen molar-refractivity contribution in [2.24, 2.45) is 5.41 Å². The summed E-state index contributed by atoms with van der Waals surface area (Å²) in [6, 6.07) is 4.93. The number of carbonyl (C=O) groups excluding carboxylic acids is 1.